The second-order valence-electron chi connectivity index (χ2n) is 6.83. The van der Waals surface area contributed by atoms with Gasteiger partial charge < -0.3 is 4.57 Å². The number of amides is 1. The summed E-state index contributed by atoms with van der Waals surface area (Å²) in [6.07, 6.45) is 4.67. The molecule has 0 aliphatic heterocycles. The first-order chi connectivity index (χ1) is 15.7. The quantitative estimate of drug-likeness (QED) is 0.358. The summed E-state index contributed by atoms with van der Waals surface area (Å²) in [5.74, 6) is -0.514. The van der Waals surface area contributed by atoms with Gasteiger partial charge in [-0.1, -0.05) is 52.8 Å². The van der Waals surface area contributed by atoms with E-state index >= 15 is 0 Å². The van der Waals surface area contributed by atoms with Gasteiger partial charge >= 0.3 is 0 Å². The zero-order valence-corrected chi connectivity index (χ0v) is 20.7. The van der Waals surface area contributed by atoms with Crippen LogP contribution in [0.4, 0.5) is 0 Å². The standard InChI is InChI=1S/C23H21Cl2N3O3S2/c1-4-13-27(14-5-2)33(30,31)17-9-7-16(8-10-17)22(29)26-23-28(15-6-3)21-19(32-23)12-11-18(24)20(21)25/h4-12H,1-3,13-15H2. The zero-order valence-electron chi connectivity index (χ0n) is 17.6. The lowest BCUT2D eigenvalue weighted by molar-refractivity contribution is 0.0998. The van der Waals surface area contributed by atoms with Crippen molar-refractivity contribution in [3.05, 3.63) is 94.8 Å². The number of fused-ring (bicyclic) bond motifs is 1. The van der Waals surface area contributed by atoms with E-state index in [1.54, 1.807) is 16.7 Å². The Balaban J connectivity index is 2.00. The molecule has 1 amide bonds. The van der Waals surface area contributed by atoms with Crippen LogP contribution in [0.25, 0.3) is 10.2 Å². The molecule has 33 heavy (non-hydrogen) atoms. The number of aromatic nitrogens is 1. The molecule has 0 spiro atoms. The molecule has 0 bridgehead atoms. The number of sulfonamides is 1. The molecule has 6 nitrogen and oxygen atoms in total. The summed E-state index contributed by atoms with van der Waals surface area (Å²) in [6.45, 7) is 11.6. The smallest absolute Gasteiger partial charge is 0.279 e. The molecule has 0 aliphatic rings. The summed E-state index contributed by atoms with van der Waals surface area (Å²) >= 11 is 13.8. The van der Waals surface area contributed by atoms with Crippen LogP contribution < -0.4 is 4.80 Å². The van der Waals surface area contributed by atoms with Gasteiger partial charge in [-0.05, 0) is 36.4 Å². The third kappa shape index (κ3) is 5.20. The first-order valence-electron chi connectivity index (χ1n) is 9.74. The van der Waals surface area contributed by atoms with Gasteiger partial charge in [-0.25, -0.2) is 8.42 Å². The van der Waals surface area contributed by atoms with Gasteiger partial charge in [0.25, 0.3) is 5.91 Å². The Kier molecular flexibility index (Phi) is 8.10. The Bertz CT molecular complexity index is 1400. The molecular weight excluding hydrogens is 501 g/mol. The van der Waals surface area contributed by atoms with Crippen LogP contribution in [-0.4, -0.2) is 36.3 Å². The number of hydrogen-bond donors (Lipinski definition) is 0. The fourth-order valence-electron chi connectivity index (χ4n) is 3.12. The maximum Gasteiger partial charge on any atom is 0.279 e. The van der Waals surface area contributed by atoms with Crippen LogP contribution in [0.1, 0.15) is 10.4 Å². The lowest BCUT2D eigenvalue weighted by atomic mass is 10.2. The number of halogens is 2. The number of nitrogens with zero attached hydrogens (tertiary/aromatic N) is 3. The van der Waals surface area contributed by atoms with Gasteiger partial charge in [0.15, 0.2) is 4.80 Å². The minimum Gasteiger partial charge on any atom is -0.311 e. The molecule has 10 heteroatoms. The molecule has 0 atom stereocenters. The Morgan fingerprint density at radius 1 is 1.03 bits per heavy atom. The zero-order chi connectivity index (χ0) is 24.2. The molecule has 0 N–H and O–H groups in total. The summed E-state index contributed by atoms with van der Waals surface area (Å²) in [4.78, 5) is 17.6. The molecule has 3 rings (SSSR count). The van der Waals surface area contributed by atoms with Crippen LogP contribution in [0.5, 0.6) is 0 Å². The van der Waals surface area contributed by atoms with Crippen molar-refractivity contribution in [1.82, 2.24) is 8.87 Å². The van der Waals surface area contributed by atoms with Crippen molar-refractivity contribution in [2.45, 2.75) is 11.4 Å². The summed E-state index contributed by atoms with van der Waals surface area (Å²) in [5, 5.41) is 0.774. The third-order valence-electron chi connectivity index (χ3n) is 4.65. The Morgan fingerprint density at radius 3 is 2.24 bits per heavy atom. The van der Waals surface area contributed by atoms with E-state index in [4.69, 9.17) is 23.2 Å². The third-order valence-corrected chi connectivity index (χ3v) is 8.33. The average Bonchev–Trinajstić information content (AvgIpc) is 3.14. The van der Waals surface area contributed by atoms with Crippen molar-refractivity contribution < 1.29 is 13.2 Å². The maximum absolute atomic E-state index is 12.9. The molecule has 0 fully saturated rings. The topological polar surface area (TPSA) is 71.7 Å². The van der Waals surface area contributed by atoms with E-state index < -0.39 is 15.9 Å². The van der Waals surface area contributed by atoms with Crippen LogP contribution in [0.2, 0.25) is 10.0 Å². The van der Waals surface area contributed by atoms with Gasteiger partial charge in [0.2, 0.25) is 10.0 Å². The fourth-order valence-corrected chi connectivity index (χ4v) is 6.02. The van der Waals surface area contributed by atoms with Gasteiger partial charge in [0.1, 0.15) is 0 Å². The number of carbonyl (C=O) groups excluding carboxylic acids is 1. The lowest BCUT2D eigenvalue weighted by Crippen LogP contribution is -2.31. The largest absolute Gasteiger partial charge is 0.311 e. The SMILES string of the molecule is C=CCN(CC=C)S(=O)(=O)c1ccc(C(=O)N=c2sc3ccc(Cl)c(Cl)c3n2CC=C)cc1. The van der Waals surface area contributed by atoms with Crippen LogP contribution in [0.3, 0.4) is 0 Å². The number of hydrogen-bond acceptors (Lipinski definition) is 4. The highest BCUT2D eigenvalue weighted by Gasteiger charge is 2.22. The molecule has 1 heterocycles. The number of benzene rings is 2. The van der Waals surface area contributed by atoms with Gasteiger partial charge in [0, 0.05) is 25.2 Å². The summed E-state index contributed by atoms with van der Waals surface area (Å²) < 4.78 is 29.5. The molecule has 172 valence electrons. The van der Waals surface area contributed by atoms with Crippen molar-refractivity contribution in [3.63, 3.8) is 0 Å². The highest BCUT2D eigenvalue weighted by Crippen LogP contribution is 2.32. The van der Waals surface area contributed by atoms with Crippen molar-refractivity contribution in [3.8, 4) is 0 Å². The van der Waals surface area contributed by atoms with Gasteiger partial charge in [-0.3, -0.25) is 4.79 Å². The van der Waals surface area contributed by atoms with E-state index in [-0.39, 0.29) is 23.5 Å². The van der Waals surface area contributed by atoms with Crippen molar-refractivity contribution in [2.75, 3.05) is 13.1 Å². The Labute approximate surface area is 206 Å². The fraction of sp³-hybridized carbons (Fsp3) is 0.130. The van der Waals surface area contributed by atoms with Crippen molar-refractivity contribution in [1.29, 1.82) is 0 Å². The highest BCUT2D eigenvalue weighted by molar-refractivity contribution is 7.89. The minimum atomic E-state index is -3.76. The predicted molar refractivity (Wildman–Crippen MR) is 136 cm³/mol. The average molecular weight is 522 g/mol. The highest BCUT2D eigenvalue weighted by atomic mass is 35.5. The summed E-state index contributed by atoms with van der Waals surface area (Å²) in [7, 11) is -3.76. The molecule has 2 aromatic carbocycles. The first kappa shape index (κ1) is 25.1. The monoisotopic (exact) mass is 521 g/mol. The molecule has 0 radical (unpaired) electrons. The Morgan fingerprint density at radius 2 is 1.67 bits per heavy atom. The molecule has 0 saturated carbocycles. The number of thiazole rings is 1. The van der Waals surface area contributed by atoms with E-state index in [1.165, 1.54) is 52.1 Å². The van der Waals surface area contributed by atoms with Gasteiger partial charge in [-0.15, -0.1) is 19.7 Å². The number of rotatable bonds is 9. The van der Waals surface area contributed by atoms with Crippen molar-refractivity contribution in [2.24, 2.45) is 4.99 Å². The summed E-state index contributed by atoms with van der Waals surface area (Å²) in [6, 6.07) is 9.15. The van der Waals surface area contributed by atoms with Crippen LogP contribution in [-0.2, 0) is 16.6 Å². The predicted octanol–water partition coefficient (Wildman–Crippen LogP) is 5.30. The number of allylic oxidation sites excluding steroid dienone is 1. The van der Waals surface area contributed by atoms with Gasteiger partial charge in [0.05, 0.1) is 25.2 Å². The van der Waals surface area contributed by atoms with E-state index in [1.807, 2.05) is 6.07 Å². The van der Waals surface area contributed by atoms with E-state index in [2.05, 4.69) is 24.7 Å². The summed E-state index contributed by atoms with van der Waals surface area (Å²) in [5.41, 5.74) is 0.922. The molecule has 0 saturated heterocycles. The first-order valence-corrected chi connectivity index (χ1v) is 12.7. The normalized spacial score (nSPS) is 12.3. The lowest BCUT2D eigenvalue weighted by Gasteiger charge is -2.19. The Hall–Kier alpha value is -2.49. The molecule has 3 aromatic rings. The minimum absolute atomic E-state index is 0.0627. The van der Waals surface area contributed by atoms with Crippen LogP contribution >= 0.6 is 34.5 Å². The van der Waals surface area contributed by atoms with Crippen LogP contribution in [0.15, 0.2) is 84.3 Å². The molecule has 1 aromatic heterocycles. The second kappa shape index (κ2) is 10.6. The molecular formula is C23H21Cl2N3O3S2. The molecule has 0 unspecified atom stereocenters. The van der Waals surface area contributed by atoms with E-state index in [0.29, 0.717) is 26.9 Å². The number of carbonyl (C=O) groups is 1. The van der Waals surface area contributed by atoms with E-state index in [9.17, 15) is 13.2 Å². The van der Waals surface area contributed by atoms with E-state index in [0.717, 1.165) is 4.70 Å². The maximum atomic E-state index is 12.9. The van der Waals surface area contributed by atoms with Crippen LogP contribution in [0, 0.1) is 0 Å². The van der Waals surface area contributed by atoms with Gasteiger partial charge in [-0.2, -0.15) is 9.30 Å². The second-order valence-corrected chi connectivity index (χ2v) is 10.6. The molecule has 0 aliphatic carbocycles. The van der Waals surface area contributed by atoms with Crippen molar-refractivity contribution >= 4 is 60.7 Å².